The number of rotatable bonds is 3. The van der Waals surface area contributed by atoms with Crippen molar-refractivity contribution in [1.82, 2.24) is 5.32 Å². The van der Waals surface area contributed by atoms with Crippen LogP contribution in [-0.4, -0.2) is 34.2 Å². The number of barbiturate groups is 1. The molecule has 1 aliphatic heterocycles. The highest BCUT2D eigenvalue weighted by Gasteiger charge is 2.39. The maximum Gasteiger partial charge on any atom is 0.336 e. The number of urea groups is 1. The Hall–Kier alpha value is -2.02. The maximum absolute atomic E-state index is 13.8. The Morgan fingerprint density at radius 2 is 1.76 bits per heavy atom. The molecule has 1 aromatic rings. The molecular formula is C14H15FN2O3S. The monoisotopic (exact) mass is 310 g/mol. The summed E-state index contributed by atoms with van der Waals surface area (Å²) >= 11 is 0. The fraction of sp³-hybridized carbons (Fsp3) is 0.286. The van der Waals surface area contributed by atoms with E-state index in [0.29, 0.717) is 16.4 Å². The number of carbonyl (C=O) groups excluding carboxylic acids is 3. The van der Waals surface area contributed by atoms with Crippen molar-refractivity contribution in [2.75, 3.05) is 16.4 Å². The minimum absolute atomic E-state index is 0.0304. The van der Waals surface area contributed by atoms with Crippen LogP contribution in [0.2, 0.25) is 0 Å². The number of hydrogen-bond acceptors (Lipinski definition) is 3. The molecule has 21 heavy (non-hydrogen) atoms. The van der Waals surface area contributed by atoms with E-state index < -0.39 is 34.1 Å². The van der Waals surface area contributed by atoms with Gasteiger partial charge in [-0.15, -0.1) is 0 Å². The summed E-state index contributed by atoms with van der Waals surface area (Å²) in [6, 6.07) is 4.55. The maximum atomic E-state index is 13.8. The first-order valence-corrected chi connectivity index (χ1v) is 8.06. The van der Waals surface area contributed by atoms with Crippen molar-refractivity contribution >= 4 is 38.9 Å². The average molecular weight is 310 g/mol. The smallest absolute Gasteiger partial charge is 0.273 e. The van der Waals surface area contributed by atoms with E-state index in [1.807, 2.05) is 13.8 Å². The van der Waals surface area contributed by atoms with Crippen molar-refractivity contribution in [3.63, 3.8) is 0 Å². The average Bonchev–Trinajstić information content (AvgIpc) is 2.45. The summed E-state index contributed by atoms with van der Waals surface area (Å²) < 4.78 is 13.8. The first-order valence-electron chi connectivity index (χ1n) is 6.50. The number of nitrogens with zero attached hydrogens (tertiary/aromatic N) is 1. The van der Waals surface area contributed by atoms with Crippen LogP contribution >= 0.6 is 10.5 Å². The second-order valence-electron chi connectivity index (χ2n) is 4.25. The van der Waals surface area contributed by atoms with Crippen molar-refractivity contribution in [1.29, 1.82) is 0 Å². The predicted octanol–water partition coefficient (Wildman–Crippen LogP) is 1.89. The molecule has 5 nitrogen and oxygen atoms in total. The third kappa shape index (κ3) is 2.73. The van der Waals surface area contributed by atoms with Crippen LogP contribution in [0.3, 0.4) is 0 Å². The highest BCUT2D eigenvalue weighted by atomic mass is 32.2. The molecule has 2 rings (SSSR count). The molecule has 0 saturated carbocycles. The molecule has 1 saturated heterocycles. The molecule has 1 aromatic carbocycles. The zero-order valence-corrected chi connectivity index (χ0v) is 12.5. The molecule has 1 heterocycles. The van der Waals surface area contributed by atoms with Gasteiger partial charge in [0, 0.05) is 0 Å². The van der Waals surface area contributed by atoms with E-state index >= 15 is 0 Å². The number of carbonyl (C=O) groups is 3. The number of para-hydroxylation sites is 1. The topological polar surface area (TPSA) is 66.5 Å². The SMILES string of the molecule is CCS(CC)=C1C(=O)NC(=O)N(c2ccccc2F)C1=O. The van der Waals surface area contributed by atoms with Gasteiger partial charge in [0.25, 0.3) is 11.8 Å². The Labute approximate surface area is 124 Å². The van der Waals surface area contributed by atoms with Crippen LogP contribution in [0.4, 0.5) is 14.9 Å². The van der Waals surface area contributed by atoms with Crippen LogP contribution in [0.5, 0.6) is 0 Å². The number of anilines is 1. The number of benzene rings is 1. The summed E-state index contributed by atoms with van der Waals surface area (Å²) in [6.45, 7) is 3.73. The van der Waals surface area contributed by atoms with Gasteiger partial charge in [-0.05, 0) is 23.6 Å². The van der Waals surface area contributed by atoms with Gasteiger partial charge in [0.1, 0.15) is 10.7 Å². The quantitative estimate of drug-likeness (QED) is 0.867. The molecule has 4 amide bonds. The fourth-order valence-corrected chi connectivity index (χ4v) is 3.74. The standard InChI is InChI=1S/C14H15FN2O3S/c1-3-21(4-2)11-12(18)16-14(20)17(13(11)19)10-8-6-5-7-9(10)15/h5-8H,3-4H2,1-2H3,(H,16,18,20). The van der Waals surface area contributed by atoms with E-state index in [-0.39, 0.29) is 10.6 Å². The molecule has 1 N–H and O–H groups in total. The molecule has 1 aliphatic rings. The van der Waals surface area contributed by atoms with Crippen LogP contribution in [-0.2, 0) is 9.59 Å². The Morgan fingerprint density at radius 3 is 2.33 bits per heavy atom. The van der Waals surface area contributed by atoms with E-state index in [1.165, 1.54) is 18.2 Å². The van der Waals surface area contributed by atoms with Gasteiger partial charge in [-0.3, -0.25) is 14.9 Å². The second kappa shape index (κ2) is 6.17. The van der Waals surface area contributed by atoms with Crippen molar-refractivity contribution in [2.45, 2.75) is 13.8 Å². The van der Waals surface area contributed by atoms with Crippen LogP contribution in [0.15, 0.2) is 24.3 Å². The molecule has 0 radical (unpaired) electrons. The second-order valence-corrected chi connectivity index (χ2v) is 6.80. The summed E-state index contributed by atoms with van der Waals surface area (Å²) in [7, 11) is -0.562. The summed E-state index contributed by atoms with van der Waals surface area (Å²) in [6.07, 6.45) is 0. The first kappa shape index (κ1) is 15.4. The molecule has 7 heteroatoms. The highest BCUT2D eigenvalue weighted by molar-refractivity contribution is 8.18. The van der Waals surface area contributed by atoms with E-state index in [1.54, 1.807) is 0 Å². The van der Waals surface area contributed by atoms with Gasteiger partial charge in [0.2, 0.25) is 0 Å². The summed E-state index contributed by atoms with van der Waals surface area (Å²) in [5.74, 6) is -0.873. The Balaban J connectivity index is 2.56. The van der Waals surface area contributed by atoms with Crippen molar-refractivity contribution in [3.8, 4) is 0 Å². The number of imide groups is 2. The van der Waals surface area contributed by atoms with Crippen molar-refractivity contribution in [2.24, 2.45) is 0 Å². The summed E-state index contributed by atoms with van der Waals surface area (Å²) in [4.78, 5) is 37.1. The van der Waals surface area contributed by atoms with Crippen LogP contribution < -0.4 is 10.2 Å². The van der Waals surface area contributed by atoms with Crippen LogP contribution in [0.25, 0.3) is 0 Å². The van der Waals surface area contributed by atoms with Gasteiger partial charge in [-0.2, -0.15) is 10.5 Å². The molecule has 112 valence electrons. The molecule has 0 spiro atoms. The Kier molecular flexibility index (Phi) is 4.52. The zero-order valence-electron chi connectivity index (χ0n) is 11.7. The van der Waals surface area contributed by atoms with Gasteiger partial charge < -0.3 is 0 Å². The summed E-state index contributed by atoms with van der Waals surface area (Å²) in [5, 5.41) is 2.12. The summed E-state index contributed by atoms with van der Waals surface area (Å²) in [5.41, 5.74) is -0.152. The lowest BCUT2D eigenvalue weighted by atomic mass is 10.2. The van der Waals surface area contributed by atoms with E-state index in [0.717, 1.165) is 6.07 Å². The molecule has 0 atom stereocenters. The fourth-order valence-electron chi connectivity index (χ4n) is 2.10. The number of halogens is 1. The molecular weight excluding hydrogens is 295 g/mol. The molecule has 0 aromatic heterocycles. The molecule has 1 fully saturated rings. The van der Waals surface area contributed by atoms with Gasteiger partial charge in [-0.25, -0.2) is 14.1 Å². The Morgan fingerprint density at radius 1 is 1.14 bits per heavy atom. The molecule has 0 bridgehead atoms. The highest BCUT2D eigenvalue weighted by Crippen LogP contribution is 2.24. The molecule has 0 aliphatic carbocycles. The normalized spacial score (nSPS) is 15.7. The van der Waals surface area contributed by atoms with E-state index in [4.69, 9.17) is 0 Å². The van der Waals surface area contributed by atoms with Gasteiger partial charge >= 0.3 is 6.03 Å². The minimum atomic E-state index is -0.922. The minimum Gasteiger partial charge on any atom is -0.273 e. The van der Waals surface area contributed by atoms with Crippen molar-refractivity contribution < 1.29 is 18.8 Å². The lowest BCUT2D eigenvalue weighted by Crippen LogP contribution is -2.59. The number of amides is 4. The lowest BCUT2D eigenvalue weighted by Gasteiger charge is -2.28. The van der Waals surface area contributed by atoms with E-state index in [9.17, 15) is 18.8 Å². The third-order valence-electron chi connectivity index (χ3n) is 3.11. The largest absolute Gasteiger partial charge is 0.336 e. The van der Waals surface area contributed by atoms with Crippen molar-refractivity contribution in [3.05, 3.63) is 30.1 Å². The van der Waals surface area contributed by atoms with Crippen LogP contribution in [0, 0.1) is 5.82 Å². The first-order chi connectivity index (χ1) is 10.0. The number of nitrogens with one attached hydrogen (secondary N) is 1. The van der Waals surface area contributed by atoms with Gasteiger partial charge in [0.05, 0.1) is 5.69 Å². The Bertz CT molecular complexity index is 651. The number of hydrogen-bond donors (Lipinski definition) is 1. The third-order valence-corrected chi connectivity index (χ3v) is 5.44. The van der Waals surface area contributed by atoms with Crippen LogP contribution in [0.1, 0.15) is 13.8 Å². The van der Waals surface area contributed by atoms with E-state index in [2.05, 4.69) is 5.32 Å². The predicted molar refractivity (Wildman–Crippen MR) is 81.1 cm³/mol. The molecule has 0 unspecified atom stereocenters. The van der Waals surface area contributed by atoms with Gasteiger partial charge in [-0.1, -0.05) is 26.0 Å². The lowest BCUT2D eigenvalue weighted by molar-refractivity contribution is -0.117. The van der Waals surface area contributed by atoms with Gasteiger partial charge in [0.15, 0.2) is 0 Å². The zero-order chi connectivity index (χ0) is 15.6.